The normalized spacial score (nSPS) is 10.8. The molecule has 3 rings (SSSR count). The summed E-state index contributed by atoms with van der Waals surface area (Å²) in [7, 11) is 1.87. The van der Waals surface area contributed by atoms with Gasteiger partial charge in [0.2, 0.25) is 5.91 Å². The third-order valence-corrected chi connectivity index (χ3v) is 4.96. The third kappa shape index (κ3) is 5.85. The van der Waals surface area contributed by atoms with Gasteiger partial charge in [0.1, 0.15) is 5.75 Å². The maximum Gasteiger partial charge on any atom is 0.270 e. The molecule has 0 saturated carbocycles. The summed E-state index contributed by atoms with van der Waals surface area (Å²) in [5.74, 6) is 0.647. The minimum absolute atomic E-state index is 0.00185. The van der Waals surface area contributed by atoms with E-state index in [0.717, 1.165) is 11.3 Å². The molecule has 8 nitrogen and oxygen atoms in total. The van der Waals surface area contributed by atoms with Crippen molar-refractivity contribution in [3.05, 3.63) is 69.6 Å². The van der Waals surface area contributed by atoms with Gasteiger partial charge in [0.15, 0.2) is 5.13 Å². The first-order valence-electron chi connectivity index (χ1n) is 9.35. The molecule has 0 aliphatic heterocycles. The number of nitrogens with one attached hydrogen (secondary N) is 1. The van der Waals surface area contributed by atoms with Gasteiger partial charge in [0, 0.05) is 29.6 Å². The molecule has 0 aliphatic carbocycles. The number of non-ortho nitro benzene ring substituents is 1. The Morgan fingerprint density at radius 1 is 1.27 bits per heavy atom. The van der Waals surface area contributed by atoms with Crippen LogP contribution in [0.1, 0.15) is 12.5 Å². The summed E-state index contributed by atoms with van der Waals surface area (Å²) < 4.78 is 5.43. The largest absolute Gasteiger partial charge is 0.494 e. The van der Waals surface area contributed by atoms with Gasteiger partial charge in [0.25, 0.3) is 5.69 Å². The van der Waals surface area contributed by atoms with Crippen molar-refractivity contribution in [2.24, 2.45) is 0 Å². The lowest BCUT2D eigenvalue weighted by Crippen LogP contribution is -2.29. The van der Waals surface area contributed by atoms with Crippen molar-refractivity contribution in [1.82, 2.24) is 9.88 Å². The van der Waals surface area contributed by atoms with Crippen LogP contribution in [0, 0.1) is 10.1 Å². The first-order valence-corrected chi connectivity index (χ1v) is 10.2. The highest BCUT2D eigenvalue weighted by Gasteiger charge is 2.13. The number of carbonyl (C=O) groups is 1. The topological polar surface area (TPSA) is 97.6 Å². The van der Waals surface area contributed by atoms with E-state index in [-0.39, 0.29) is 18.1 Å². The number of carbonyl (C=O) groups excluding carboxylic acids is 1. The van der Waals surface area contributed by atoms with Crippen LogP contribution in [0.2, 0.25) is 0 Å². The van der Waals surface area contributed by atoms with E-state index >= 15 is 0 Å². The number of likely N-dealkylation sites (N-methyl/N-ethyl adjacent to an activating group) is 1. The number of nitro groups is 1. The van der Waals surface area contributed by atoms with Gasteiger partial charge in [-0.1, -0.05) is 24.3 Å². The smallest absolute Gasteiger partial charge is 0.270 e. The first kappa shape index (κ1) is 21.4. The van der Waals surface area contributed by atoms with E-state index in [9.17, 15) is 14.9 Å². The summed E-state index contributed by atoms with van der Waals surface area (Å²) in [4.78, 5) is 29.1. The third-order valence-electron chi connectivity index (χ3n) is 4.20. The fourth-order valence-electron chi connectivity index (χ4n) is 2.87. The summed E-state index contributed by atoms with van der Waals surface area (Å²) in [5, 5.41) is 15.9. The van der Waals surface area contributed by atoms with E-state index in [2.05, 4.69) is 10.3 Å². The molecule has 3 aromatic rings. The van der Waals surface area contributed by atoms with Crippen molar-refractivity contribution in [3.8, 4) is 17.0 Å². The summed E-state index contributed by atoms with van der Waals surface area (Å²) in [6.45, 7) is 3.39. The van der Waals surface area contributed by atoms with E-state index in [4.69, 9.17) is 4.74 Å². The van der Waals surface area contributed by atoms with Gasteiger partial charge >= 0.3 is 0 Å². The van der Waals surface area contributed by atoms with Gasteiger partial charge in [-0.15, -0.1) is 11.3 Å². The number of amides is 1. The van der Waals surface area contributed by atoms with Gasteiger partial charge in [-0.3, -0.25) is 19.8 Å². The molecule has 0 spiro atoms. The van der Waals surface area contributed by atoms with Crippen molar-refractivity contribution in [2.45, 2.75) is 13.5 Å². The summed E-state index contributed by atoms with van der Waals surface area (Å²) in [6.07, 6.45) is 0. The standard InChI is InChI=1S/C21H22N4O4S/c1-3-29-18-9-7-15(8-10-18)12-24(2)13-20(26)23-21-22-19(14-30-21)16-5-4-6-17(11-16)25(27)28/h4-11,14H,3,12-13H2,1-2H3,(H,22,23,26). The highest BCUT2D eigenvalue weighted by atomic mass is 32.1. The molecule has 0 aliphatic rings. The molecule has 1 N–H and O–H groups in total. The van der Waals surface area contributed by atoms with Crippen molar-refractivity contribution in [2.75, 3.05) is 25.5 Å². The fourth-order valence-corrected chi connectivity index (χ4v) is 3.61. The van der Waals surface area contributed by atoms with Crippen molar-refractivity contribution in [1.29, 1.82) is 0 Å². The highest BCUT2D eigenvalue weighted by Crippen LogP contribution is 2.27. The van der Waals surface area contributed by atoms with Crippen LogP contribution in [0.3, 0.4) is 0 Å². The minimum Gasteiger partial charge on any atom is -0.494 e. The maximum absolute atomic E-state index is 12.3. The quantitative estimate of drug-likeness (QED) is 0.407. The maximum atomic E-state index is 12.3. The van der Waals surface area contributed by atoms with Crippen LogP contribution in [-0.4, -0.2) is 40.9 Å². The van der Waals surface area contributed by atoms with Crippen LogP contribution in [0.4, 0.5) is 10.8 Å². The zero-order chi connectivity index (χ0) is 21.5. The van der Waals surface area contributed by atoms with Gasteiger partial charge < -0.3 is 10.1 Å². The Labute approximate surface area is 178 Å². The number of nitrogens with zero attached hydrogens (tertiary/aromatic N) is 3. The zero-order valence-electron chi connectivity index (χ0n) is 16.7. The molecule has 0 fully saturated rings. The number of hydrogen-bond donors (Lipinski definition) is 1. The zero-order valence-corrected chi connectivity index (χ0v) is 17.5. The molecule has 1 heterocycles. The van der Waals surface area contributed by atoms with E-state index in [0.29, 0.717) is 29.5 Å². The lowest BCUT2D eigenvalue weighted by atomic mass is 10.1. The Balaban J connectivity index is 1.55. The molecular formula is C21H22N4O4S. The number of thiazole rings is 1. The Kier molecular flexibility index (Phi) is 7.10. The van der Waals surface area contributed by atoms with E-state index in [1.807, 2.05) is 43.1 Å². The molecule has 1 amide bonds. The lowest BCUT2D eigenvalue weighted by molar-refractivity contribution is -0.384. The molecule has 0 atom stereocenters. The summed E-state index contributed by atoms with van der Waals surface area (Å²) >= 11 is 1.28. The van der Waals surface area contributed by atoms with E-state index < -0.39 is 4.92 Å². The average molecular weight is 426 g/mol. The molecule has 0 saturated heterocycles. The minimum atomic E-state index is -0.446. The van der Waals surface area contributed by atoms with Crippen LogP contribution in [-0.2, 0) is 11.3 Å². The predicted molar refractivity (Wildman–Crippen MR) is 117 cm³/mol. The van der Waals surface area contributed by atoms with Crippen LogP contribution in [0.5, 0.6) is 5.75 Å². The second-order valence-electron chi connectivity index (χ2n) is 6.64. The average Bonchev–Trinajstić information content (AvgIpc) is 3.18. The Morgan fingerprint density at radius 2 is 2.03 bits per heavy atom. The van der Waals surface area contributed by atoms with Gasteiger partial charge in [-0.2, -0.15) is 0 Å². The summed E-state index contributed by atoms with van der Waals surface area (Å²) in [5.41, 5.74) is 2.30. The number of anilines is 1. The van der Waals surface area contributed by atoms with Gasteiger partial charge in [-0.05, 0) is 31.7 Å². The highest BCUT2D eigenvalue weighted by molar-refractivity contribution is 7.14. The number of rotatable bonds is 9. The lowest BCUT2D eigenvalue weighted by Gasteiger charge is -2.16. The van der Waals surface area contributed by atoms with E-state index in [1.165, 1.54) is 23.5 Å². The summed E-state index contributed by atoms with van der Waals surface area (Å²) in [6, 6.07) is 14.0. The Hall–Kier alpha value is -3.30. The van der Waals surface area contributed by atoms with Gasteiger partial charge in [-0.25, -0.2) is 4.98 Å². The van der Waals surface area contributed by atoms with E-state index in [1.54, 1.807) is 17.5 Å². The Morgan fingerprint density at radius 3 is 2.73 bits per heavy atom. The number of benzene rings is 2. The van der Waals surface area contributed by atoms with Crippen LogP contribution < -0.4 is 10.1 Å². The van der Waals surface area contributed by atoms with Crippen molar-refractivity contribution >= 4 is 28.1 Å². The predicted octanol–water partition coefficient (Wildman–Crippen LogP) is 4.19. The number of nitro benzene ring substituents is 1. The molecule has 30 heavy (non-hydrogen) atoms. The van der Waals surface area contributed by atoms with Crippen molar-refractivity contribution < 1.29 is 14.5 Å². The molecule has 156 valence electrons. The van der Waals surface area contributed by atoms with Crippen molar-refractivity contribution in [3.63, 3.8) is 0 Å². The molecule has 0 unspecified atom stereocenters. The number of hydrogen-bond acceptors (Lipinski definition) is 7. The number of ether oxygens (including phenoxy) is 1. The molecule has 0 bridgehead atoms. The monoisotopic (exact) mass is 426 g/mol. The van der Waals surface area contributed by atoms with Crippen LogP contribution >= 0.6 is 11.3 Å². The van der Waals surface area contributed by atoms with Gasteiger partial charge in [0.05, 0.1) is 23.8 Å². The Bertz CT molecular complexity index is 1020. The van der Waals surface area contributed by atoms with Crippen LogP contribution in [0.25, 0.3) is 11.3 Å². The molecule has 0 radical (unpaired) electrons. The molecular weight excluding hydrogens is 404 g/mol. The first-order chi connectivity index (χ1) is 14.4. The molecule has 9 heteroatoms. The fraction of sp³-hybridized carbons (Fsp3) is 0.238. The number of aromatic nitrogens is 1. The second-order valence-corrected chi connectivity index (χ2v) is 7.50. The second kappa shape index (κ2) is 9.95. The van der Waals surface area contributed by atoms with Crippen LogP contribution in [0.15, 0.2) is 53.9 Å². The SMILES string of the molecule is CCOc1ccc(CN(C)CC(=O)Nc2nc(-c3cccc([N+](=O)[O-])c3)cs2)cc1. The molecule has 2 aromatic carbocycles. The molecule has 1 aromatic heterocycles.